The van der Waals surface area contributed by atoms with Crippen molar-refractivity contribution in [1.82, 2.24) is 5.32 Å². The van der Waals surface area contributed by atoms with Gasteiger partial charge < -0.3 is 10.1 Å². The molecule has 1 saturated carbocycles. The SMILES string of the molecule is COCCNC(c1ccc(F)cc1)C1CC1. The van der Waals surface area contributed by atoms with Crippen LogP contribution in [-0.2, 0) is 4.74 Å². The molecule has 16 heavy (non-hydrogen) atoms. The largest absolute Gasteiger partial charge is 0.383 e. The van der Waals surface area contributed by atoms with Crippen LogP contribution in [0.3, 0.4) is 0 Å². The zero-order chi connectivity index (χ0) is 11.4. The van der Waals surface area contributed by atoms with Crippen molar-refractivity contribution in [2.45, 2.75) is 18.9 Å². The third-order valence-electron chi connectivity index (χ3n) is 2.99. The summed E-state index contributed by atoms with van der Waals surface area (Å²) in [6.45, 7) is 1.56. The molecule has 1 unspecified atom stereocenters. The lowest BCUT2D eigenvalue weighted by molar-refractivity contribution is 0.194. The third kappa shape index (κ3) is 3.03. The quantitative estimate of drug-likeness (QED) is 0.748. The average molecular weight is 223 g/mol. The fourth-order valence-electron chi connectivity index (χ4n) is 1.97. The minimum Gasteiger partial charge on any atom is -0.383 e. The monoisotopic (exact) mass is 223 g/mol. The first-order valence-corrected chi connectivity index (χ1v) is 5.79. The van der Waals surface area contributed by atoms with Crippen molar-refractivity contribution in [2.75, 3.05) is 20.3 Å². The normalized spacial score (nSPS) is 17.4. The average Bonchev–Trinajstić information content (AvgIpc) is 3.10. The molecule has 0 amide bonds. The highest BCUT2D eigenvalue weighted by molar-refractivity contribution is 5.21. The predicted molar refractivity (Wildman–Crippen MR) is 61.7 cm³/mol. The van der Waals surface area contributed by atoms with E-state index in [9.17, 15) is 4.39 Å². The van der Waals surface area contributed by atoms with Crippen molar-refractivity contribution in [3.63, 3.8) is 0 Å². The summed E-state index contributed by atoms with van der Waals surface area (Å²) in [4.78, 5) is 0. The smallest absolute Gasteiger partial charge is 0.123 e. The first kappa shape index (κ1) is 11.6. The van der Waals surface area contributed by atoms with Crippen molar-refractivity contribution >= 4 is 0 Å². The van der Waals surface area contributed by atoms with Gasteiger partial charge in [-0.2, -0.15) is 0 Å². The first-order chi connectivity index (χ1) is 7.81. The van der Waals surface area contributed by atoms with Gasteiger partial charge in [0.1, 0.15) is 5.82 Å². The maximum Gasteiger partial charge on any atom is 0.123 e. The second-order valence-electron chi connectivity index (χ2n) is 4.31. The number of methoxy groups -OCH3 is 1. The Balaban J connectivity index is 1.98. The van der Waals surface area contributed by atoms with Crippen LogP contribution in [0, 0.1) is 11.7 Å². The van der Waals surface area contributed by atoms with Crippen LogP contribution in [-0.4, -0.2) is 20.3 Å². The molecule has 3 heteroatoms. The molecule has 0 aromatic heterocycles. The van der Waals surface area contributed by atoms with Crippen LogP contribution in [0.15, 0.2) is 24.3 Å². The minimum atomic E-state index is -0.171. The van der Waals surface area contributed by atoms with E-state index in [2.05, 4.69) is 5.32 Å². The molecule has 1 N–H and O–H groups in total. The zero-order valence-electron chi connectivity index (χ0n) is 9.58. The summed E-state index contributed by atoms with van der Waals surface area (Å²) in [5.74, 6) is 0.539. The second kappa shape index (κ2) is 5.41. The highest BCUT2D eigenvalue weighted by Crippen LogP contribution is 2.40. The molecule has 1 aliphatic rings. The summed E-state index contributed by atoms with van der Waals surface area (Å²) in [5, 5.41) is 3.47. The van der Waals surface area contributed by atoms with E-state index in [0.717, 1.165) is 6.54 Å². The van der Waals surface area contributed by atoms with Crippen molar-refractivity contribution in [3.8, 4) is 0 Å². The van der Waals surface area contributed by atoms with E-state index >= 15 is 0 Å². The highest BCUT2D eigenvalue weighted by Gasteiger charge is 2.31. The van der Waals surface area contributed by atoms with Gasteiger partial charge in [-0.3, -0.25) is 0 Å². The van der Waals surface area contributed by atoms with E-state index in [1.807, 2.05) is 12.1 Å². The van der Waals surface area contributed by atoms with E-state index < -0.39 is 0 Å². The molecule has 0 radical (unpaired) electrons. The Kier molecular flexibility index (Phi) is 3.91. The molecule has 0 saturated heterocycles. The number of rotatable bonds is 6. The first-order valence-electron chi connectivity index (χ1n) is 5.79. The number of ether oxygens (including phenoxy) is 1. The number of hydrogen-bond donors (Lipinski definition) is 1. The molecule has 1 aromatic rings. The molecule has 1 atom stereocenters. The van der Waals surface area contributed by atoms with Gasteiger partial charge in [-0.05, 0) is 36.5 Å². The standard InChI is InChI=1S/C13H18FNO/c1-16-9-8-15-13(10-2-3-10)11-4-6-12(14)7-5-11/h4-7,10,13,15H,2-3,8-9H2,1H3. The van der Waals surface area contributed by atoms with Gasteiger partial charge in [0.05, 0.1) is 6.61 Å². The maximum atomic E-state index is 12.8. The van der Waals surface area contributed by atoms with E-state index in [1.165, 1.54) is 30.5 Å². The summed E-state index contributed by atoms with van der Waals surface area (Å²) in [6.07, 6.45) is 2.53. The molecule has 1 fully saturated rings. The van der Waals surface area contributed by atoms with E-state index in [0.29, 0.717) is 18.6 Å². The summed E-state index contributed by atoms with van der Waals surface area (Å²) >= 11 is 0. The number of benzene rings is 1. The number of nitrogens with one attached hydrogen (secondary N) is 1. The van der Waals surface area contributed by atoms with Crippen LogP contribution >= 0.6 is 0 Å². The Morgan fingerprint density at radius 1 is 1.38 bits per heavy atom. The zero-order valence-corrected chi connectivity index (χ0v) is 9.58. The summed E-state index contributed by atoms with van der Waals surface area (Å²) in [6, 6.07) is 7.16. The molecule has 0 bridgehead atoms. The summed E-state index contributed by atoms with van der Waals surface area (Å²) in [5.41, 5.74) is 1.18. The van der Waals surface area contributed by atoms with Crippen molar-refractivity contribution in [3.05, 3.63) is 35.6 Å². The fourth-order valence-corrected chi connectivity index (χ4v) is 1.97. The molecule has 1 aliphatic carbocycles. The predicted octanol–water partition coefficient (Wildman–Crippen LogP) is 2.51. The van der Waals surface area contributed by atoms with Crippen LogP contribution < -0.4 is 5.32 Å². The van der Waals surface area contributed by atoms with Crippen LogP contribution in [0.2, 0.25) is 0 Å². The number of hydrogen-bond acceptors (Lipinski definition) is 2. The van der Waals surface area contributed by atoms with Crippen LogP contribution in [0.4, 0.5) is 4.39 Å². The summed E-state index contributed by atoms with van der Waals surface area (Å²) < 4.78 is 17.9. The lowest BCUT2D eigenvalue weighted by Crippen LogP contribution is -2.26. The van der Waals surface area contributed by atoms with Crippen molar-refractivity contribution in [2.24, 2.45) is 5.92 Å². The molecule has 0 spiro atoms. The van der Waals surface area contributed by atoms with Gasteiger partial charge in [-0.15, -0.1) is 0 Å². The molecule has 1 aromatic carbocycles. The molecular weight excluding hydrogens is 205 g/mol. The molecule has 0 aliphatic heterocycles. The van der Waals surface area contributed by atoms with Gasteiger partial charge in [-0.1, -0.05) is 12.1 Å². The van der Waals surface area contributed by atoms with Gasteiger partial charge in [-0.25, -0.2) is 4.39 Å². The minimum absolute atomic E-state index is 0.171. The van der Waals surface area contributed by atoms with Gasteiger partial charge >= 0.3 is 0 Å². The van der Waals surface area contributed by atoms with E-state index in [1.54, 1.807) is 7.11 Å². The maximum absolute atomic E-state index is 12.8. The van der Waals surface area contributed by atoms with E-state index in [-0.39, 0.29) is 5.82 Å². The lowest BCUT2D eigenvalue weighted by atomic mass is 10.0. The van der Waals surface area contributed by atoms with E-state index in [4.69, 9.17) is 4.74 Å². The Hall–Kier alpha value is -0.930. The Morgan fingerprint density at radius 3 is 2.62 bits per heavy atom. The topological polar surface area (TPSA) is 21.3 Å². The van der Waals surface area contributed by atoms with Crippen LogP contribution in [0.5, 0.6) is 0 Å². The number of halogens is 1. The van der Waals surface area contributed by atoms with Crippen LogP contribution in [0.25, 0.3) is 0 Å². The Bertz CT molecular complexity index is 321. The molecule has 2 nitrogen and oxygen atoms in total. The molecular formula is C13H18FNO. The van der Waals surface area contributed by atoms with Gasteiger partial charge in [0.15, 0.2) is 0 Å². The van der Waals surface area contributed by atoms with Crippen molar-refractivity contribution in [1.29, 1.82) is 0 Å². The Labute approximate surface area is 95.8 Å². The van der Waals surface area contributed by atoms with Crippen molar-refractivity contribution < 1.29 is 9.13 Å². The highest BCUT2D eigenvalue weighted by atomic mass is 19.1. The molecule has 88 valence electrons. The van der Waals surface area contributed by atoms with Gasteiger partial charge in [0, 0.05) is 19.7 Å². The van der Waals surface area contributed by atoms with Gasteiger partial charge in [0.25, 0.3) is 0 Å². The molecule has 2 rings (SSSR count). The second-order valence-corrected chi connectivity index (χ2v) is 4.31. The fraction of sp³-hybridized carbons (Fsp3) is 0.538. The van der Waals surface area contributed by atoms with Crippen LogP contribution in [0.1, 0.15) is 24.4 Å². The molecule has 0 heterocycles. The lowest BCUT2D eigenvalue weighted by Gasteiger charge is -2.18. The summed E-state index contributed by atoms with van der Waals surface area (Å²) in [7, 11) is 1.70. The van der Waals surface area contributed by atoms with Gasteiger partial charge in [0.2, 0.25) is 0 Å². The third-order valence-corrected chi connectivity index (χ3v) is 2.99. The Morgan fingerprint density at radius 2 is 2.06 bits per heavy atom.